The topological polar surface area (TPSA) is 110 Å². The first kappa shape index (κ1) is 25.2. The molecule has 2 aromatic rings. The average molecular weight is 493 g/mol. The summed E-state index contributed by atoms with van der Waals surface area (Å²) in [5, 5.41) is 12.1. The third-order valence-corrected chi connectivity index (χ3v) is 6.80. The first-order chi connectivity index (χ1) is 17.4. The van der Waals surface area contributed by atoms with Crippen molar-refractivity contribution in [2.24, 2.45) is 0 Å². The van der Waals surface area contributed by atoms with Crippen LogP contribution in [-0.2, 0) is 32.1 Å². The highest BCUT2D eigenvalue weighted by atomic mass is 16.3. The number of rotatable bonds is 10. The van der Waals surface area contributed by atoms with Crippen LogP contribution < -0.4 is 5.32 Å². The number of hydrogen-bond acceptors (Lipinski definition) is 5. The maximum Gasteiger partial charge on any atom is 0.312 e. The summed E-state index contributed by atoms with van der Waals surface area (Å²) in [4.78, 5) is 54.5. The molecule has 0 aliphatic carbocycles. The standard InChI is InChI=1S/C27H32N4O5/c32-23-11-9-20(10-12-23)13-15-31-22(18-28-24(33)25(31)34)8-4-5-14-29-16-17-30(27(36)26(29)35)19-21-6-2-1-3-7-21/h1-3,6-7,9-12,22,32H,4-5,8,13-19H2,(H,28,33)/t22-/m0/s1. The largest absolute Gasteiger partial charge is 0.508 e. The number of benzene rings is 2. The number of amides is 4. The van der Waals surface area contributed by atoms with E-state index in [9.17, 15) is 24.3 Å². The number of nitrogens with zero attached hydrogens (tertiary/aromatic N) is 3. The number of carbonyl (C=O) groups excluding carboxylic acids is 4. The number of piperazine rings is 2. The van der Waals surface area contributed by atoms with E-state index in [1.807, 2.05) is 30.3 Å². The Labute approximate surface area is 210 Å². The van der Waals surface area contributed by atoms with Crippen LogP contribution in [0.3, 0.4) is 0 Å². The van der Waals surface area contributed by atoms with Gasteiger partial charge in [0.25, 0.3) is 0 Å². The Morgan fingerprint density at radius 3 is 2.22 bits per heavy atom. The van der Waals surface area contributed by atoms with Crippen molar-refractivity contribution >= 4 is 23.6 Å². The quantitative estimate of drug-likeness (QED) is 0.384. The Balaban J connectivity index is 1.23. The molecule has 2 saturated heterocycles. The average Bonchev–Trinajstić information content (AvgIpc) is 2.89. The van der Waals surface area contributed by atoms with E-state index in [-0.39, 0.29) is 11.8 Å². The minimum Gasteiger partial charge on any atom is -0.508 e. The van der Waals surface area contributed by atoms with Gasteiger partial charge in [-0.3, -0.25) is 19.2 Å². The van der Waals surface area contributed by atoms with Gasteiger partial charge in [-0.1, -0.05) is 42.5 Å². The van der Waals surface area contributed by atoms with Gasteiger partial charge in [-0.2, -0.15) is 0 Å². The summed E-state index contributed by atoms with van der Waals surface area (Å²) in [5.74, 6) is -1.86. The van der Waals surface area contributed by atoms with E-state index in [1.54, 1.807) is 39.0 Å². The summed E-state index contributed by atoms with van der Waals surface area (Å²) in [6.07, 6.45) is 2.74. The van der Waals surface area contributed by atoms with E-state index in [0.29, 0.717) is 58.5 Å². The number of phenolic OH excluding ortho intramolecular Hbond substituents is 1. The van der Waals surface area contributed by atoms with Crippen molar-refractivity contribution in [3.8, 4) is 5.75 Å². The van der Waals surface area contributed by atoms with E-state index in [0.717, 1.165) is 17.5 Å². The van der Waals surface area contributed by atoms with E-state index in [1.165, 1.54) is 0 Å². The molecule has 2 fully saturated rings. The molecule has 36 heavy (non-hydrogen) atoms. The lowest BCUT2D eigenvalue weighted by molar-refractivity contribution is -0.156. The maximum atomic E-state index is 12.6. The zero-order chi connectivity index (χ0) is 25.5. The van der Waals surface area contributed by atoms with Gasteiger partial charge in [-0.15, -0.1) is 0 Å². The molecule has 9 nitrogen and oxygen atoms in total. The van der Waals surface area contributed by atoms with E-state index in [2.05, 4.69) is 5.32 Å². The first-order valence-electron chi connectivity index (χ1n) is 12.4. The van der Waals surface area contributed by atoms with Gasteiger partial charge in [-0.25, -0.2) is 0 Å². The van der Waals surface area contributed by atoms with Crippen molar-refractivity contribution < 1.29 is 24.3 Å². The number of aromatic hydroxyl groups is 1. The van der Waals surface area contributed by atoms with Crippen LogP contribution in [0.25, 0.3) is 0 Å². The van der Waals surface area contributed by atoms with Crippen molar-refractivity contribution in [1.29, 1.82) is 0 Å². The van der Waals surface area contributed by atoms with Gasteiger partial charge in [0.15, 0.2) is 0 Å². The van der Waals surface area contributed by atoms with Crippen molar-refractivity contribution in [3.63, 3.8) is 0 Å². The summed E-state index contributed by atoms with van der Waals surface area (Å²) < 4.78 is 0. The minimum atomic E-state index is -0.588. The highest BCUT2D eigenvalue weighted by molar-refractivity contribution is 6.36. The van der Waals surface area contributed by atoms with Crippen LogP contribution in [0.4, 0.5) is 0 Å². The summed E-state index contributed by atoms with van der Waals surface area (Å²) in [6.45, 7) is 2.75. The lowest BCUT2D eigenvalue weighted by Gasteiger charge is -2.36. The molecule has 0 spiro atoms. The molecule has 0 aromatic heterocycles. The molecule has 9 heteroatoms. The number of nitrogens with one attached hydrogen (secondary N) is 1. The number of phenols is 1. The molecule has 4 rings (SSSR count). The van der Waals surface area contributed by atoms with Crippen LogP contribution in [0.5, 0.6) is 5.75 Å². The van der Waals surface area contributed by atoms with Gasteiger partial charge in [0.1, 0.15) is 5.75 Å². The number of unbranched alkanes of at least 4 members (excludes halogenated alkanes) is 1. The number of hydrogen-bond donors (Lipinski definition) is 2. The highest BCUT2D eigenvalue weighted by Crippen LogP contribution is 2.17. The molecule has 0 saturated carbocycles. The molecule has 4 amide bonds. The van der Waals surface area contributed by atoms with E-state index in [4.69, 9.17) is 0 Å². The van der Waals surface area contributed by atoms with Crippen LogP contribution >= 0.6 is 0 Å². The minimum absolute atomic E-state index is 0.118. The molecule has 2 N–H and O–H groups in total. The molecule has 0 bridgehead atoms. The molecule has 2 aliphatic rings. The molecule has 1 atom stereocenters. The Bertz CT molecular complexity index is 1090. The summed E-state index contributed by atoms with van der Waals surface area (Å²) in [6, 6.07) is 16.3. The van der Waals surface area contributed by atoms with Gasteiger partial charge < -0.3 is 25.1 Å². The van der Waals surface area contributed by atoms with E-state index < -0.39 is 23.6 Å². The molecule has 2 aromatic carbocycles. The fraction of sp³-hybridized carbons (Fsp3) is 0.407. The van der Waals surface area contributed by atoms with Crippen LogP contribution in [-0.4, -0.2) is 82.2 Å². The van der Waals surface area contributed by atoms with Crippen molar-refractivity contribution in [1.82, 2.24) is 20.0 Å². The lowest BCUT2D eigenvalue weighted by atomic mass is 10.0. The summed E-state index contributed by atoms with van der Waals surface area (Å²) in [7, 11) is 0. The van der Waals surface area contributed by atoms with Crippen LogP contribution in [0.2, 0.25) is 0 Å². The van der Waals surface area contributed by atoms with Crippen molar-refractivity contribution in [2.75, 3.05) is 32.7 Å². The third-order valence-electron chi connectivity index (χ3n) is 6.80. The number of carbonyl (C=O) groups is 4. The second kappa shape index (κ2) is 11.7. The normalized spacial score (nSPS) is 18.6. The second-order valence-electron chi connectivity index (χ2n) is 9.28. The van der Waals surface area contributed by atoms with Gasteiger partial charge in [0, 0.05) is 45.3 Å². The third kappa shape index (κ3) is 6.21. The van der Waals surface area contributed by atoms with Gasteiger partial charge in [0.05, 0.1) is 0 Å². The van der Waals surface area contributed by atoms with Crippen LogP contribution in [0.1, 0.15) is 30.4 Å². The highest BCUT2D eigenvalue weighted by Gasteiger charge is 2.34. The first-order valence-corrected chi connectivity index (χ1v) is 12.4. The molecule has 0 unspecified atom stereocenters. The Morgan fingerprint density at radius 1 is 0.778 bits per heavy atom. The van der Waals surface area contributed by atoms with Crippen molar-refractivity contribution in [3.05, 3.63) is 65.7 Å². The molecule has 2 aliphatic heterocycles. The zero-order valence-electron chi connectivity index (χ0n) is 20.3. The maximum absolute atomic E-state index is 12.6. The van der Waals surface area contributed by atoms with Gasteiger partial charge in [-0.05, 0) is 48.9 Å². The molecule has 190 valence electrons. The van der Waals surface area contributed by atoms with E-state index >= 15 is 0 Å². The van der Waals surface area contributed by atoms with Gasteiger partial charge in [0.2, 0.25) is 0 Å². The van der Waals surface area contributed by atoms with Crippen molar-refractivity contribution in [2.45, 2.75) is 38.3 Å². The van der Waals surface area contributed by atoms with Crippen LogP contribution in [0, 0.1) is 0 Å². The predicted molar refractivity (Wildman–Crippen MR) is 133 cm³/mol. The monoisotopic (exact) mass is 492 g/mol. The Hall–Kier alpha value is -3.88. The molecular formula is C27H32N4O5. The smallest absolute Gasteiger partial charge is 0.312 e. The van der Waals surface area contributed by atoms with Crippen LogP contribution in [0.15, 0.2) is 54.6 Å². The lowest BCUT2D eigenvalue weighted by Crippen LogP contribution is -2.58. The summed E-state index contributed by atoms with van der Waals surface area (Å²) >= 11 is 0. The molecular weight excluding hydrogens is 460 g/mol. The Kier molecular flexibility index (Phi) is 8.20. The fourth-order valence-corrected chi connectivity index (χ4v) is 4.71. The SMILES string of the molecule is O=C1NC[C@H](CCCCN2CCN(Cc3ccccc3)C(=O)C2=O)N(CCc2ccc(O)cc2)C1=O. The summed E-state index contributed by atoms with van der Waals surface area (Å²) in [5.41, 5.74) is 1.97. The fourth-order valence-electron chi connectivity index (χ4n) is 4.71. The second-order valence-corrected chi connectivity index (χ2v) is 9.28. The molecule has 2 heterocycles. The Morgan fingerprint density at radius 2 is 1.47 bits per heavy atom. The zero-order valence-corrected chi connectivity index (χ0v) is 20.3. The van der Waals surface area contributed by atoms with Gasteiger partial charge >= 0.3 is 23.6 Å². The predicted octanol–water partition coefficient (Wildman–Crippen LogP) is 1.30. The molecule has 0 radical (unpaired) electrons.